The van der Waals surface area contributed by atoms with E-state index < -0.39 is 0 Å². The first-order chi connectivity index (χ1) is 12.2. The third-order valence-electron chi connectivity index (χ3n) is 4.74. The molecule has 2 heterocycles. The number of pyridine rings is 1. The van der Waals surface area contributed by atoms with Gasteiger partial charge >= 0.3 is 0 Å². The molecule has 2 aliphatic rings. The van der Waals surface area contributed by atoms with Crippen LogP contribution >= 0.6 is 0 Å². The number of carbonyl (C=O) groups excluding carboxylic acids is 2. The molecule has 0 bridgehead atoms. The summed E-state index contributed by atoms with van der Waals surface area (Å²) in [5.41, 5.74) is 0.548. The Balaban J connectivity index is 1.36. The smallest absolute Gasteiger partial charge is 0.223 e. The molecule has 1 saturated heterocycles. The zero-order chi connectivity index (χ0) is 17.6. The second-order valence-corrected chi connectivity index (χ2v) is 6.63. The molecule has 2 amide bonds. The Morgan fingerprint density at radius 2 is 1.68 bits per heavy atom. The van der Waals surface area contributed by atoms with Crippen molar-refractivity contribution in [3.05, 3.63) is 23.9 Å². The van der Waals surface area contributed by atoms with Crippen molar-refractivity contribution < 1.29 is 9.59 Å². The van der Waals surface area contributed by atoms with Gasteiger partial charge < -0.3 is 15.5 Å². The Labute approximate surface area is 147 Å². The molecule has 2 N–H and O–H groups in total. The fourth-order valence-electron chi connectivity index (χ4n) is 3.02. The normalized spacial score (nSPS) is 17.6. The van der Waals surface area contributed by atoms with Gasteiger partial charge in [-0.1, -0.05) is 0 Å². The van der Waals surface area contributed by atoms with Gasteiger partial charge in [-0.15, -0.1) is 0 Å². The summed E-state index contributed by atoms with van der Waals surface area (Å²) in [6, 6.07) is 5.67. The van der Waals surface area contributed by atoms with Crippen LogP contribution in [0.3, 0.4) is 0 Å². The highest BCUT2D eigenvalue weighted by Crippen LogP contribution is 2.28. The molecule has 0 aromatic carbocycles. The minimum Gasteiger partial charge on any atom is -0.357 e. The summed E-state index contributed by atoms with van der Waals surface area (Å²) in [6.07, 6.45) is 5.11. The van der Waals surface area contributed by atoms with Crippen LogP contribution in [0.4, 0.5) is 5.82 Å². The van der Waals surface area contributed by atoms with Gasteiger partial charge in [0.05, 0.1) is 5.56 Å². The van der Waals surface area contributed by atoms with E-state index in [9.17, 15) is 9.59 Å². The summed E-state index contributed by atoms with van der Waals surface area (Å²) in [6.45, 7) is 2.52. The third kappa shape index (κ3) is 4.69. The van der Waals surface area contributed by atoms with Crippen molar-refractivity contribution in [2.45, 2.75) is 25.7 Å². The Morgan fingerprint density at radius 3 is 2.16 bits per heavy atom. The van der Waals surface area contributed by atoms with Gasteiger partial charge in [0.25, 0.3) is 0 Å². The van der Waals surface area contributed by atoms with E-state index in [0.717, 1.165) is 44.6 Å². The lowest BCUT2D eigenvalue weighted by molar-refractivity contribution is -0.126. The number of anilines is 1. The lowest BCUT2D eigenvalue weighted by atomic mass is 9.96. The van der Waals surface area contributed by atoms with E-state index in [1.54, 1.807) is 12.3 Å². The average Bonchev–Trinajstić information content (AvgIpc) is 3.50. The predicted octanol–water partition coefficient (Wildman–Crippen LogP) is 0.812. The average molecular weight is 341 g/mol. The molecule has 1 aliphatic carbocycles. The molecule has 0 spiro atoms. The number of carbonyl (C=O) groups is 2. The molecule has 0 unspecified atom stereocenters. The topological polar surface area (TPSA) is 98.1 Å². The molecule has 132 valence electrons. The first-order valence-corrected chi connectivity index (χ1v) is 8.84. The van der Waals surface area contributed by atoms with Crippen LogP contribution in [0.15, 0.2) is 18.3 Å². The minimum absolute atomic E-state index is 0.00812. The summed E-state index contributed by atoms with van der Waals surface area (Å²) in [4.78, 5) is 30.2. The molecule has 1 aliphatic heterocycles. The number of nitrogens with one attached hydrogen (secondary N) is 2. The number of hydrogen-bond donors (Lipinski definition) is 2. The lowest BCUT2D eigenvalue weighted by Gasteiger charge is -2.32. The highest BCUT2D eigenvalue weighted by Gasteiger charge is 2.29. The van der Waals surface area contributed by atoms with E-state index in [2.05, 4.69) is 26.6 Å². The Hall–Kier alpha value is -2.62. The standard InChI is InChI=1S/C18H23N5O2/c19-11-13-1-4-16(22-12-13)23-9-5-15(6-10-23)18(25)21-8-7-20-17(24)14-2-3-14/h1,4,12,14-15H,2-3,5-10H2,(H,20,24)(H,21,25). The quantitative estimate of drug-likeness (QED) is 0.746. The SMILES string of the molecule is N#Cc1ccc(N2CCC(C(=O)NCCNC(=O)C3CC3)CC2)nc1. The number of piperidine rings is 1. The summed E-state index contributed by atoms with van der Waals surface area (Å²) in [7, 11) is 0. The molecule has 1 aromatic rings. The molecule has 7 nitrogen and oxygen atoms in total. The van der Waals surface area contributed by atoms with Crippen molar-refractivity contribution in [2.24, 2.45) is 11.8 Å². The fraction of sp³-hybridized carbons (Fsp3) is 0.556. The fourth-order valence-corrected chi connectivity index (χ4v) is 3.02. The maximum absolute atomic E-state index is 12.2. The van der Waals surface area contributed by atoms with Crippen LogP contribution in [0, 0.1) is 23.2 Å². The van der Waals surface area contributed by atoms with E-state index in [1.165, 1.54) is 0 Å². The second-order valence-electron chi connectivity index (χ2n) is 6.63. The molecule has 25 heavy (non-hydrogen) atoms. The van der Waals surface area contributed by atoms with Gasteiger partial charge in [0.2, 0.25) is 11.8 Å². The third-order valence-corrected chi connectivity index (χ3v) is 4.74. The molecule has 1 aromatic heterocycles. The van der Waals surface area contributed by atoms with Crippen LogP contribution in [0.2, 0.25) is 0 Å². The van der Waals surface area contributed by atoms with Crippen LogP contribution in [0.5, 0.6) is 0 Å². The summed E-state index contributed by atoms with van der Waals surface area (Å²) in [5.74, 6) is 1.23. The first-order valence-electron chi connectivity index (χ1n) is 8.84. The Kier molecular flexibility index (Phi) is 5.49. The number of amides is 2. The predicted molar refractivity (Wildman–Crippen MR) is 92.6 cm³/mol. The van der Waals surface area contributed by atoms with Gasteiger partial charge in [0.1, 0.15) is 11.9 Å². The molecule has 1 saturated carbocycles. The monoisotopic (exact) mass is 341 g/mol. The minimum atomic E-state index is 0.00812. The van der Waals surface area contributed by atoms with Crippen LogP contribution < -0.4 is 15.5 Å². The zero-order valence-electron chi connectivity index (χ0n) is 14.2. The summed E-state index contributed by atoms with van der Waals surface area (Å²) < 4.78 is 0. The van der Waals surface area contributed by atoms with Crippen LogP contribution in [-0.2, 0) is 9.59 Å². The van der Waals surface area contributed by atoms with Gasteiger partial charge in [-0.2, -0.15) is 5.26 Å². The molecule has 3 rings (SSSR count). The number of aromatic nitrogens is 1. The molecular formula is C18H23N5O2. The summed E-state index contributed by atoms with van der Waals surface area (Å²) in [5, 5.41) is 14.6. The van der Waals surface area contributed by atoms with E-state index >= 15 is 0 Å². The van der Waals surface area contributed by atoms with E-state index in [1.807, 2.05) is 6.07 Å². The van der Waals surface area contributed by atoms with Crippen molar-refractivity contribution >= 4 is 17.6 Å². The van der Waals surface area contributed by atoms with Crippen LogP contribution in [-0.4, -0.2) is 43.0 Å². The zero-order valence-corrected chi connectivity index (χ0v) is 14.2. The van der Waals surface area contributed by atoms with Crippen LogP contribution in [0.1, 0.15) is 31.2 Å². The Morgan fingerprint density at radius 1 is 1.08 bits per heavy atom. The van der Waals surface area contributed by atoms with Gasteiger partial charge in [0.15, 0.2) is 0 Å². The molecule has 2 fully saturated rings. The molecular weight excluding hydrogens is 318 g/mol. The lowest BCUT2D eigenvalue weighted by Crippen LogP contribution is -2.43. The number of rotatable bonds is 6. The maximum atomic E-state index is 12.2. The van der Waals surface area contributed by atoms with E-state index in [4.69, 9.17) is 5.26 Å². The highest BCUT2D eigenvalue weighted by molar-refractivity contribution is 5.81. The van der Waals surface area contributed by atoms with Crippen molar-refractivity contribution in [3.63, 3.8) is 0 Å². The van der Waals surface area contributed by atoms with Gasteiger partial charge in [-0.3, -0.25) is 9.59 Å². The Bertz CT molecular complexity index is 655. The largest absolute Gasteiger partial charge is 0.357 e. The van der Waals surface area contributed by atoms with Crippen LogP contribution in [0.25, 0.3) is 0 Å². The maximum Gasteiger partial charge on any atom is 0.223 e. The van der Waals surface area contributed by atoms with E-state index in [-0.39, 0.29) is 23.7 Å². The van der Waals surface area contributed by atoms with Crippen molar-refractivity contribution in [3.8, 4) is 6.07 Å². The number of hydrogen-bond acceptors (Lipinski definition) is 5. The molecule has 0 atom stereocenters. The van der Waals surface area contributed by atoms with Gasteiger partial charge in [-0.25, -0.2) is 4.98 Å². The molecule has 0 radical (unpaired) electrons. The van der Waals surface area contributed by atoms with Gasteiger partial charge in [0, 0.05) is 44.2 Å². The summed E-state index contributed by atoms with van der Waals surface area (Å²) >= 11 is 0. The van der Waals surface area contributed by atoms with Crippen molar-refractivity contribution in [2.75, 3.05) is 31.1 Å². The second kappa shape index (κ2) is 7.97. The van der Waals surface area contributed by atoms with Crippen molar-refractivity contribution in [1.82, 2.24) is 15.6 Å². The number of nitriles is 1. The highest BCUT2D eigenvalue weighted by atomic mass is 16.2. The van der Waals surface area contributed by atoms with Gasteiger partial charge in [-0.05, 0) is 37.8 Å². The van der Waals surface area contributed by atoms with Crippen molar-refractivity contribution in [1.29, 1.82) is 5.26 Å². The molecule has 7 heteroatoms. The first kappa shape index (κ1) is 17.2. The number of nitrogens with zero attached hydrogens (tertiary/aromatic N) is 3. The van der Waals surface area contributed by atoms with E-state index in [0.29, 0.717) is 18.7 Å².